The Hall–Kier alpha value is -2.50. The van der Waals surface area contributed by atoms with Crippen LogP contribution in [0.25, 0.3) is 10.2 Å². The Balaban J connectivity index is 1.31. The number of carbonyl (C=O) groups is 2. The Morgan fingerprint density at radius 1 is 1.23 bits per heavy atom. The van der Waals surface area contributed by atoms with Gasteiger partial charge in [-0.2, -0.15) is 0 Å². The quantitative estimate of drug-likeness (QED) is 0.585. The van der Waals surface area contributed by atoms with E-state index in [2.05, 4.69) is 15.6 Å². The lowest BCUT2D eigenvalue weighted by Crippen LogP contribution is -2.45. The fourth-order valence-corrected chi connectivity index (χ4v) is 5.70. The Morgan fingerprint density at radius 2 is 2.00 bits per heavy atom. The van der Waals surface area contributed by atoms with Crippen molar-refractivity contribution in [2.24, 2.45) is 5.92 Å². The van der Waals surface area contributed by atoms with E-state index in [1.807, 2.05) is 17.5 Å². The number of aromatic nitrogens is 1. The number of nitrogens with one attached hydrogen (secondary N) is 2. The predicted octanol–water partition coefficient (Wildman–Crippen LogP) is 3.32. The zero-order valence-electron chi connectivity index (χ0n) is 16.8. The maximum absolute atomic E-state index is 12.7. The Kier molecular flexibility index (Phi) is 6.26. The number of hydrogen-bond acceptors (Lipinski definition) is 7. The van der Waals surface area contributed by atoms with Gasteiger partial charge in [0.2, 0.25) is 5.91 Å². The molecule has 11 heteroatoms. The predicted molar refractivity (Wildman–Crippen MR) is 122 cm³/mol. The van der Waals surface area contributed by atoms with E-state index in [4.69, 9.17) is 0 Å². The molecule has 0 saturated carbocycles. The zero-order chi connectivity index (χ0) is 22.0. The van der Waals surface area contributed by atoms with Gasteiger partial charge in [-0.15, -0.1) is 11.3 Å². The first-order chi connectivity index (χ1) is 14.8. The first kappa shape index (κ1) is 21.7. The molecule has 3 heterocycles. The van der Waals surface area contributed by atoms with Crippen molar-refractivity contribution in [3.8, 4) is 0 Å². The molecule has 0 bridgehead atoms. The van der Waals surface area contributed by atoms with E-state index in [1.54, 1.807) is 28.4 Å². The van der Waals surface area contributed by atoms with Crippen LogP contribution in [0.4, 0.5) is 9.93 Å². The molecule has 3 aromatic rings. The molecular weight excluding hydrogens is 456 g/mol. The Morgan fingerprint density at radius 3 is 2.68 bits per heavy atom. The van der Waals surface area contributed by atoms with Crippen LogP contribution in [-0.2, 0) is 21.2 Å². The Labute approximate surface area is 188 Å². The molecule has 1 aliphatic heterocycles. The summed E-state index contributed by atoms with van der Waals surface area (Å²) < 4.78 is 24.2. The number of likely N-dealkylation sites (tertiary alicyclic amines) is 1. The van der Waals surface area contributed by atoms with Gasteiger partial charge in [-0.05, 0) is 42.5 Å². The summed E-state index contributed by atoms with van der Waals surface area (Å²) in [6, 6.07) is 8.55. The average molecular weight is 479 g/mol. The molecular formula is C20H22N4O4S3. The van der Waals surface area contributed by atoms with Gasteiger partial charge >= 0.3 is 6.03 Å². The molecule has 0 spiro atoms. The second-order valence-corrected chi connectivity index (χ2v) is 11.5. The summed E-state index contributed by atoms with van der Waals surface area (Å²) in [5.41, 5.74) is 0.643. The van der Waals surface area contributed by atoms with Gasteiger partial charge in [0.25, 0.3) is 0 Å². The number of thiazole rings is 1. The molecule has 2 N–H and O–H groups in total. The minimum atomic E-state index is -3.30. The van der Waals surface area contributed by atoms with Crippen LogP contribution >= 0.6 is 22.7 Å². The molecule has 2 aromatic heterocycles. The van der Waals surface area contributed by atoms with Crippen LogP contribution < -0.4 is 10.6 Å². The molecule has 0 unspecified atom stereocenters. The van der Waals surface area contributed by atoms with Gasteiger partial charge < -0.3 is 15.5 Å². The van der Waals surface area contributed by atoms with Crippen LogP contribution in [0.5, 0.6) is 0 Å². The fourth-order valence-electron chi connectivity index (χ4n) is 3.43. The fraction of sp³-hybridized carbons (Fsp3) is 0.350. The Bertz CT molecular complexity index is 1200. The molecule has 31 heavy (non-hydrogen) atoms. The maximum atomic E-state index is 12.7. The van der Waals surface area contributed by atoms with Crippen molar-refractivity contribution in [3.05, 3.63) is 40.6 Å². The summed E-state index contributed by atoms with van der Waals surface area (Å²) in [5.74, 6) is -0.319. The number of anilines is 1. The number of nitrogens with zero attached hydrogens (tertiary/aromatic N) is 2. The third-order valence-corrected chi connectivity index (χ3v) is 8.09. The summed E-state index contributed by atoms with van der Waals surface area (Å²) in [6.07, 6.45) is 2.33. The summed E-state index contributed by atoms with van der Waals surface area (Å²) >= 11 is 2.85. The van der Waals surface area contributed by atoms with E-state index in [0.717, 1.165) is 11.1 Å². The number of piperidine rings is 1. The third kappa shape index (κ3) is 5.23. The lowest BCUT2D eigenvalue weighted by Gasteiger charge is -2.31. The van der Waals surface area contributed by atoms with Gasteiger partial charge in [-0.1, -0.05) is 17.4 Å². The van der Waals surface area contributed by atoms with Crippen molar-refractivity contribution in [3.63, 3.8) is 0 Å². The summed E-state index contributed by atoms with van der Waals surface area (Å²) in [5, 5.41) is 8.18. The highest BCUT2D eigenvalue weighted by Crippen LogP contribution is 2.29. The first-order valence-corrected chi connectivity index (χ1v) is 13.3. The molecule has 1 saturated heterocycles. The largest absolute Gasteiger partial charge is 0.333 e. The molecule has 0 aliphatic carbocycles. The lowest BCUT2D eigenvalue weighted by atomic mass is 9.96. The smallest absolute Gasteiger partial charge is 0.317 e. The van der Waals surface area contributed by atoms with Gasteiger partial charge in [0.05, 0.1) is 21.7 Å². The minimum absolute atomic E-state index is 0.111. The van der Waals surface area contributed by atoms with Gasteiger partial charge in [-0.3, -0.25) is 4.79 Å². The van der Waals surface area contributed by atoms with Gasteiger partial charge in [0.1, 0.15) is 0 Å². The number of sulfone groups is 1. The second-order valence-electron chi connectivity index (χ2n) is 7.41. The number of urea groups is 1. The van der Waals surface area contributed by atoms with Gasteiger partial charge in [-0.25, -0.2) is 18.2 Å². The van der Waals surface area contributed by atoms with Crippen molar-refractivity contribution in [1.29, 1.82) is 0 Å². The van der Waals surface area contributed by atoms with E-state index in [1.165, 1.54) is 17.4 Å². The number of benzene rings is 1. The maximum Gasteiger partial charge on any atom is 0.317 e. The van der Waals surface area contributed by atoms with Crippen LogP contribution in [0.3, 0.4) is 0 Å². The molecule has 164 valence electrons. The molecule has 1 fully saturated rings. The molecule has 1 aromatic carbocycles. The standard InChI is InChI=1S/C20H22N4O4S3/c1-31(27,28)15-4-5-16-17(11-15)30-19(22-16)23-18(25)13-6-8-24(9-7-13)20(26)21-12-14-3-2-10-29-14/h2-5,10-11,13H,6-9,12H2,1H3,(H,21,26)(H,22,23,25). The topological polar surface area (TPSA) is 108 Å². The van der Waals surface area contributed by atoms with Crippen LogP contribution in [0, 0.1) is 5.92 Å². The van der Waals surface area contributed by atoms with E-state index in [9.17, 15) is 18.0 Å². The van der Waals surface area contributed by atoms with Crippen molar-refractivity contribution in [2.45, 2.75) is 24.3 Å². The van der Waals surface area contributed by atoms with Crippen LogP contribution in [0.15, 0.2) is 40.6 Å². The summed E-state index contributed by atoms with van der Waals surface area (Å²) in [7, 11) is -3.30. The van der Waals surface area contributed by atoms with E-state index in [-0.39, 0.29) is 22.8 Å². The highest BCUT2D eigenvalue weighted by molar-refractivity contribution is 7.90. The van der Waals surface area contributed by atoms with Crippen LogP contribution in [-0.4, -0.2) is 49.6 Å². The molecule has 1 aliphatic rings. The van der Waals surface area contributed by atoms with Crippen molar-refractivity contribution in [1.82, 2.24) is 15.2 Å². The van der Waals surface area contributed by atoms with E-state index >= 15 is 0 Å². The monoisotopic (exact) mass is 478 g/mol. The molecule has 0 atom stereocenters. The van der Waals surface area contributed by atoms with Gasteiger partial charge in [0.15, 0.2) is 15.0 Å². The number of thiophene rings is 1. The SMILES string of the molecule is CS(=O)(=O)c1ccc2nc(NC(=O)C3CCN(C(=O)NCc4cccs4)CC3)sc2c1. The minimum Gasteiger partial charge on any atom is -0.333 e. The molecule has 8 nitrogen and oxygen atoms in total. The third-order valence-electron chi connectivity index (χ3n) is 5.17. The van der Waals surface area contributed by atoms with Crippen molar-refractivity contribution in [2.75, 3.05) is 24.7 Å². The number of rotatable bonds is 5. The zero-order valence-corrected chi connectivity index (χ0v) is 19.3. The number of hydrogen-bond donors (Lipinski definition) is 2. The first-order valence-electron chi connectivity index (χ1n) is 9.76. The van der Waals surface area contributed by atoms with Crippen LogP contribution in [0.1, 0.15) is 17.7 Å². The highest BCUT2D eigenvalue weighted by atomic mass is 32.2. The van der Waals surface area contributed by atoms with E-state index < -0.39 is 9.84 Å². The van der Waals surface area contributed by atoms with Crippen LogP contribution in [0.2, 0.25) is 0 Å². The second kappa shape index (κ2) is 8.93. The molecule has 3 amide bonds. The lowest BCUT2D eigenvalue weighted by molar-refractivity contribution is -0.121. The van der Waals surface area contributed by atoms with Crippen molar-refractivity contribution < 1.29 is 18.0 Å². The average Bonchev–Trinajstić information content (AvgIpc) is 3.40. The normalized spacial score (nSPS) is 15.2. The number of fused-ring (bicyclic) bond motifs is 1. The van der Waals surface area contributed by atoms with Crippen molar-refractivity contribution >= 4 is 59.8 Å². The summed E-state index contributed by atoms with van der Waals surface area (Å²) in [4.78, 5) is 32.4. The number of amides is 3. The number of carbonyl (C=O) groups excluding carboxylic acids is 2. The van der Waals surface area contributed by atoms with Gasteiger partial charge in [0, 0.05) is 30.1 Å². The molecule has 0 radical (unpaired) electrons. The summed E-state index contributed by atoms with van der Waals surface area (Å²) in [6.45, 7) is 1.55. The molecule has 4 rings (SSSR count). The van der Waals surface area contributed by atoms with E-state index in [0.29, 0.717) is 47.8 Å². The highest BCUT2D eigenvalue weighted by Gasteiger charge is 2.28.